The molecule has 1 saturated heterocycles. The Bertz CT molecular complexity index is 881. The van der Waals surface area contributed by atoms with Gasteiger partial charge >= 0.3 is 0 Å². The molecular weight excluding hydrogens is 484 g/mol. The molecule has 1 heterocycles. The predicted octanol–water partition coefficient (Wildman–Crippen LogP) is 9.21. The van der Waals surface area contributed by atoms with Gasteiger partial charge in [0, 0.05) is 7.11 Å². The van der Waals surface area contributed by atoms with Crippen LogP contribution >= 0.6 is 0 Å². The van der Waals surface area contributed by atoms with E-state index in [1.807, 2.05) is 19.9 Å². The molecule has 0 spiro atoms. The molecule has 2 fully saturated rings. The van der Waals surface area contributed by atoms with Gasteiger partial charge in [-0.25, -0.2) is 0 Å². The van der Waals surface area contributed by atoms with Gasteiger partial charge < -0.3 is 18.9 Å². The third-order valence-corrected chi connectivity index (χ3v) is 7.37. The van der Waals surface area contributed by atoms with E-state index in [1.54, 1.807) is 7.11 Å². The molecule has 2 aliphatic rings. The lowest BCUT2D eigenvalue weighted by Crippen LogP contribution is -2.16. The molecule has 4 nitrogen and oxygen atoms in total. The van der Waals surface area contributed by atoms with E-state index in [0.29, 0.717) is 25.9 Å². The summed E-state index contributed by atoms with van der Waals surface area (Å²) in [7, 11) is 1.68. The minimum Gasteiger partial charge on any atom is -0.491 e. The standard InChI is InChI=1S/C12H18O2.C11H14O2.C10H20.C2H6/c1-9-7-10(2)12(11(3)8-9)14-6-5-13-4;1-8-4-3-5-9(2)11(8)13-7-10-6-12-10;1-8(2)10-6-4-9(3)5-7-10;1-2/h7-8H,5-6H2,1-4H3;3-5,10H,6-7H2,1-2H3;8-10H,4-7H2,1-3H3;1-2H3. The third kappa shape index (κ3) is 13.7. The van der Waals surface area contributed by atoms with Gasteiger partial charge in [-0.15, -0.1) is 0 Å². The van der Waals surface area contributed by atoms with E-state index in [1.165, 1.54) is 53.5 Å². The number of hydrogen-bond acceptors (Lipinski definition) is 4. The Hall–Kier alpha value is -2.04. The highest BCUT2D eigenvalue weighted by Gasteiger charge is 2.23. The van der Waals surface area contributed by atoms with Crippen molar-refractivity contribution >= 4 is 0 Å². The maximum atomic E-state index is 5.67. The van der Waals surface area contributed by atoms with Gasteiger partial charge in [-0.3, -0.25) is 0 Å². The fourth-order valence-electron chi connectivity index (χ4n) is 4.94. The molecule has 39 heavy (non-hydrogen) atoms. The summed E-state index contributed by atoms with van der Waals surface area (Å²) in [6.45, 7) is 24.3. The second kappa shape index (κ2) is 19.1. The number of rotatable bonds is 8. The van der Waals surface area contributed by atoms with E-state index in [9.17, 15) is 0 Å². The lowest BCUT2D eigenvalue weighted by atomic mass is 9.78. The number of hydrogen-bond donors (Lipinski definition) is 0. The van der Waals surface area contributed by atoms with Crippen LogP contribution in [0.3, 0.4) is 0 Å². The molecule has 1 aliphatic carbocycles. The number of methoxy groups -OCH3 is 1. The Morgan fingerprint density at radius 2 is 1.31 bits per heavy atom. The fraction of sp³-hybridized carbons (Fsp3) is 0.657. The molecule has 1 aliphatic heterocycles. The molecule has 0 N–H and O–H groups in total. The maximum absolute atomic E-state index is 5.67. The average molecular weight is 543 g/mol. The zero-order valence-corrected chi connectivity index (χ0v) is 27.0. The smallest absolute Gasteiger partial charge is 0.125 e. The van der Waals surface area contributed by atoms with Crippen LogP contribution in [-0.2, 0) is 9.47 Å². The van der Waals surface area contributed by atoms with Crippen molar-refractivity contribution in [2.24, 2.45) is 17.8 Å². The van der Waals surface area contributed by atoms with Gasteiger partial charge in [0.25, 0.3) is 0 Å². The Balaban J connectivity index is 0.000000287. The van der Waals surface area contributed by atoms with Crippen molar-refractivity contribution in [3.63, 3.8) is 0 Å². The van der Waals surface area contributed by atoms with Crippen LogP contribution in [0.15, 0.2) is 30.3 Å². The van der Waals surface area contributed by atoms with Crippen LogP contribution in [-0.4, -0.2) is 39.6 Å². The van der Waals surface area contributed by atoms with Crippen molar-refractivity contribution in [1.29, 1.82) is 0 Å². The maximum Gasteiger partial charge on any atom is 0.125 e. The molecule has 0 aromatic heterocycles. The first-order valence-corrected chi connectivity index (χ1v) is 15.1. The predicted molar refractivity (Wildman–Crippen MR) is 166 cm³/mol. The summed E-state index contributed by atoms with van der Waals surface area (Å²) in [5.41, 5.74) is 6.05. The number of aryl methyl sites for hydroxylation is 5. The zero-order valence-electron chi connectivity index (χ0n) is 27.0. The lowest BCUT2D eigenvalue weighted by Gasteiger charge is -2.28. The van der Waals surface area contributed by atoms with Gasteiger partial charge in [0.1, 0.15) is 30.8 Å². The van der Waals surface area contributed by atoms with Crippen LogP contribution in [0, 0.1) is 52.4 Å². The highest BCUT2D eigenvalue weighted by Crippen LogP contribution is 2.32. The molecule has 0 radical (unpaired) electrons. The number of para-hydroxylation sites is 1. The number of epoxide rings is 1. The van der Waals surface area contributed by atoms with Gasteiger partial charge in [0.2, 0.25) is 0 Å². The second-order valence-corrected chi connectivity index (χ2v) is 11.3. The molecule has 2 aromatic rings. The zero-order chi connectivity index (χ0) is 29.4. The van der Waals surface area contributed by atoms with Crippen molar-refractivity contribution in [3.05, 3.63) is 58.1 Å². The minimum absolute atomic E-state index is 0.332. The summed E-state index contributed by atoms with van der Waals surface area (Å²) in [5.74, 6) is 4.98. The molecule has 0 bridgehead atoms. The molecular formula is C35H58O4. The second-order valence-electron chi connectivity index (χ2n) is 11.3. The molecule has 2 aromatic carbocycles. The first-order valence-electron chi connectivity index (χ1n) is 15.1. The van der Waals surface area contributed by atoms with E-state index < -0.39 is 0 Å². The quantitative estimate of drug-likeness (QED) is 0.246. The van der Waals surface area contributed by atoms with Gasteiger partial charge in [0.15, 0.2) is 0 Å². The topological polar surface area (TPSA) is 40.2 Å². The molecule has 0 amide bonds. The molecule has 1 saturated carbocycles. The van der Waals surface area contributed by atoms with Gasteiger partial charge in [-0.1, -0.05) is 83.4 Å². The Morgan fingerprint density at radius 3 is 1.77 bits per heavy atom. The van der Waals surface area contributed by atoms with Crippen LogP contribution < -0.4 is 9.47 Å². The van der Waals surface area contributed by atoms with E-state index in [2.05, 4.69) is 79.7 Å². The van der Waals surface area contributed by atoms with E-state index in [4.69, 9.17) is 18.9 Å². The van der Waals surface area contributed by atoms with E-state index >= 15 is 0 Å². The van der Waals surface area contributed by atoms with E-state index in [0.717, 1.165) is 35.9 Å². The Labute approximate surface area is 240 Å². The number of ether oxygens (including phenoxy) is 4. The monoisotopic (exact) mass is 542 g/mol. The van der Waals surface area contributed by atoms with Crippen molar-refractivity contribution in [2.75, 3.05) is 33.5 Å². The molecule has 1 unspecified atom stereocenters. The summed E-state index contributed by atoms with van der Waals surface area (Å²) < 4.78 is 21.3. The van der Waals surface area contributed by atoms with Gasteiger partial charge in [0.05, 0.1) is 13.2 Å². The highest BCUT2D eigenvalue weighted by atomic mass is 16.6. The van der Waals surface area contributed by atoms with Crippen LogP contribution in [0.1, 0.15) is 88.1 Å². The summed E-state index contributed by atoms with van der Waals surface area (Å²) in [4.78, 5) is 0. The molecule has 4 rings (SSSR count). The molecule has 4 heteroatoms. The van der Waals surface area contributed by atoms with Crippen LogP contribution in [0.4, 0.5) is 0 Å². The first kappa shape index (κ1) is 35.0. The first-order chi connectivity index (χ1) is 18.6. The van der Waals surface area contributed by atoms with Crippen LogP contribution in [0.5, 0.6) is 11.5 Å². The van der Waals surface area contributed by atoms with Crippen molar-refractivity contribution < 1.29 is 18.9 Å². The van der Waals surface area contributed by atoms with Crippen molar-refractivity contribution in [1.82, 2.24) is 0 Å². The van der Waals surface area contributed by atoms with Gasteiger partial charge in [-0.2, -0.15) is 0 Å². The summed E-state index contributed by atoms with van der Waals surface area (Å²) in [5, 5.41) is 0. The summed E-state index contributed by atoms with van der Waals surface area (Å²) in [6, 6.07) is 10.4. The summed E-state index contributed by atoms with van der Waals surface area (Å²) in [6.07, 6.45) is 6.25. The third-order valence-electron chi connectivity index (χ3n) is 7.37. The fourth-order valence-corrected chi connectivity index (χ4v) is 4.94. The Kier molecular flexibility index (Phi) is 17.1. The van der Waals surface area contributed by atoms with E-state index in [-0.39, 0.29) is 0 Å². The Morgan fingerprint density at radius 1 is 0.795 bits per heavy atom. The lowest BCUT2D eigenvalue weighted by molar-refractivity contribution is 0.145. The normalized spacial score (nSPS) is 19.4. The van der Waals surface area contributed by atoms with Gasteiger partial charge in [-0.05, 0) is 87.5 Å². The van der Waals surface area contributed by atoms with Crippen LogP contribution in [0.2, 0.25) is 0 Å². The van der Waals surface area contributed by atoms with Crippen molar-refractivity contribution in [3.8, 4) is 11.5 Å². The molecule has 1 atom stereocenters. The van der Waals surface area contributed by atoms with Crippen LogP contribution in [0.25, 0.3) is 0 Å². The van der Waals surface area contributed by atoms with Crippen molar-refractivity contribution in [2.45, 2.75) is 101 Å². The molecule has 222 valence electrons. The summed E-state index contributed by atoms with van der Waals surface area (Å²) >= 11 is 0. The minimum atomic E-state index is 0.332. The largest absolute Gasteiger partial charge is 0.491 e. The highest BCUT2D eigenvalue weighted by molar-refractivity contribution is 5.43. The SMILES string of the molecule is CC.CC1CCC(C(C)C)CC1.COCCOc1c(C)cc(C)cc1C.Cc1cccc(C)c1OCC1CO1. The number of benzene rings is 2. The average Bonchev–Trinajstić information content (AvgIpc) is 3.72.